The summed E-state index contributed by atoms with van der Waals surface area (Å²) in [4.78, 5) is 0. The van der Waals surface area contributed by atoms with Crippen molar-refractivity contribution in [3.8, 4) is 0 Å². The molecule has 1 rings (SSSR count). The van der Waals surface area contributed by atoms with Gasteiger partial charge >= 0.3 is 0 Å². The minimum Gasteiger partial charge on any atom is -0.396 e. The number of hydrogen-bond donors (Lipinski definition) is 2. The molecule has 3 N–H and O–H groups in total. The molecule has 0 radical (unpaired) electrons. The van der Waals surface area contributed by atoms with Crippen molar-refractivity contribution >= 4 is 10.0 Å². The quantitative estimate of drug-likeness (QED) is 0.713. The van der Waals surface area contributed by atoms with Crippen molar-refractivity contribution < 1.29 is 13.5 Å². The van der Waals surface area contributed by atoms with Gasteiger partial charge in [-0.1, -0.05) is 6.42 Å². The summed E-state index contributed by atoms with van der Waals surface area (Å²) in [6.45, 7) is 2.38. The summed E-state index contributed by atoms with van der Waals surface area (Å²) >= 11 is 0. The second-order valence-electron chi connectivity index (χ2n) is 4.36. The Labute approximate surface area is 97.7 Å². The highest BCUT2D eigenvalue weighted by atomic mass is 32.2. The predicted octanol–water partition coefficient (Wildman–Crippen LogP) is -0.0997. The fourth-order valence-electron chi connectivity index (χ4n) is 2.10. The van der Waals surface area contributed by atoms with Crippen molar-refractivity contribution in [2.45, 2.75) is 43.9 Å². The minimum atomic E-state index is -3.29. The number of rotatable bonds is 5. The molecule has 0 bridgehead atoms. The van der Waals surface area contributed by atoms with Crippen LogP contribution in [0, 0.1) is 0 Å². The smallest absolute Gasteiger partial charge is 0.218 e. The lowest BCUT2D eigenvalue weighted by molar-refractivity contribution is 0.191. The first kappa shape index (κ1) is 13.9. The van der Waals surface area contributed by atoms with Crippen molar-refractivity contribution in [3.63, 3.8) is 0 Å². The molecule has 2 atom stereocenters. The van der Waals surface area contributed by atoms with Crippen LogP contribution in [0.5, 0.6) is 0 Å². The Morgan fingerprint density at radius 2 is 2.19 bits per heavy atom. The molecule has 0 aromatic rings. The van der Waals surface area contributed by atoms with E-state index in [1.54, 1.807) is 11.2 Å². The van der Waals surface area contributed by atoms with E-state index >= 15 is 0 Å². The SMILES string of the molecule is CC(CN)S(=O)(=O)N1CCCCC1CCO. The molecular weight excluding hydrogens is 228 g/mol. The third-order valence-corrected chi connectivity index (χ3v) is 5.55. The minimum absolute atomic E-state index is 0.0354. The fraction of sp³-hybridized carbons (Fsp3) is 1.00. The maximum atomic E-state index is 12.2. The van der Waals surface area contributed by atoms with E-state index in [1.165, 1.54) is 0 Å². The number of aliphatic hydroxyl groups excluding tert-OH is 1. The summed E-state index contributed by atoms with van der Waals surface area (Å²) in [6, 6.07) is -0.0438. The average molecular weight is 250 g/mol. The third kappa shape index (κ3) is 2.94. The van der Waals surface area contributed by atoms with Gasteiger partial charge in [0.2, 0.25) is 10.0 Å². The van der Waals surface area contributed by atoms with Crippen molar-refractivity contribution in [1.29, 1.82) is 0 Å². The summed E-state index contributed by atoms with van der Waals surface area (Å²) in [7, 11) is -3.29. The molecule has 6 heteroatoms. The van der Waals surface area contributed by atoms with Crippen LogP contribution < -0.4 is 5.73 Å². The lowest BCUT2D eigenvalue weighted by Gasteiger charge is -2.36. The molecule has 0 aromatic heterocycles. The molecule has 1 saturated heterocycles. The van der Waals surface area contributed by atoms with Gasteiger partial charge in [-0.05, 0) is 26.2 Å². The van der Waals surface area contributed by atoms with E-state index in [0.29, 0.717) is 13.0 Å². The number of piperidine rings is 1. The zero-order valence-corrected chi connectivity index (χ0v) is 10.6. The molecule has 1 aliphatic heterocycles. The molecule has 0 amide bonds. The first-order valence-corrected chi connectivity index (χ1v) is 7.36. The zero-order chi connectivity index (χ0) is 12.2. The molecule has 96 valence electrons. The van der Waals surface area contributed by atoms with Gasteiger partial charge in [-0.3, -0.25) is 0 Å². The van der Waals surface area contributed by atoms with Crippen LogP contribution in [-0.4, -0.2) is 48.8 Å². The van der Waals surface area contributed by atoms with E-state index in [9.17, 15) is 8.42 Å². The van der Waals surface area contributed by atoms with Crippen molar-refractivity contribution in [2.75, 3.05) is 19.7 Å². The Bertz CT molecular complexity index is 303. The summed E-state index contributed by atoms with van der Waals surface area (Å²) in [5.74, 6) is 0. The summed E-state index contributed by atoms with van der Waals surface area (Å²) in [5.41, 5.74) is 5.43. The number of hydrogen-bond acceptors (Lipinski definition) is 4. The van der Waals surface area contributed by atoms with Crippen molar-refractivity contribution in [1.82, 2.24) is 4.31 Å². The Balaban J connectivity index is 2.82. The number of sulfonamides is 1. The summed E-state index contributed by atoms with van der Waals surface area (Å²) in [5, 5.41) is 8.42. The molecule has 0 aromatic carbocycles. The highest BCUT2D eigenvalue weighted by molar-refractivity contribution is 7.89. The van der Waals surface area contributed by atoms with Crippen LogP contribution in [0.15, 0.2) is 0 Å². The monoisotopic (exact) mass is 250 g/mol. The second-order valence-corrected chi connectivity index (χ2v) is 6.67. The van der Waals surface area contributed by atoms with E-state index in [4.69, 9.17) is 10.8 Å². The first-order valence-electron chi connectivity index (χ1n) is 5.85. The standard InChI is InChI=1S/C10H22N2O3S/c1-9(8-11)16(14,15)12-6-3-2-4-10(12)5-7-13/h9-10,13H,2-8,11H2,1H3. The molecule has 0 aliphatic carbocycles. The average Bonchev–Trinajstić information content (AvgIpc) is 2.29. The molecule has 5 nitrogen and oxygen atoms in total. The Morgan fingerprint density at radius 3 is 2.75 bits per heavy atom. The first-order chi connectivity index (χ1) is 7.54. The van der Waals surface area contributed by atoms with Gasteiger partial charge in [0.1, 0.15) is 0 Å². The van der Waals surface area contributed by atoms with Gasteiger partial charge in [0.05, 0.1) is 5.25 Å². The van der Waals surface area contributed by atoms with Crippen LogP contribution >= 0.6 is 0 Å². The van der Waals surface area contributed by atoms with Gasteiger partial charge in [0.25, 0.3) is 0 Å². The lowest BCUT2D eigenvalue weighted by Crippen LogP contribution is -2.48. The second kappa shape index (κ2) is 5.95. The normalized spacial score (nSPS) is 25.6. The maximum Gasteiger partial charge on any atom is 0.218 e. The van der Waals surface area contributed by atoms with E-state index < -0.39 is 15.3 Å². The van der Waals surface area contributed by atoms with Crippen LogP contribution in [0.1, 0.15) is 32.6 Å². The number of nitrogens with zero attached hydrogens (tertiary/aromatic N) is 1. The molecule has 2 unspecified atom stereocenters. The van der Waals surface area contributed by atoms with Crippen LogP contribution in [0.25, 0.3) is 0 Å². The number of aliphatic hydroxyl groups is 1. The molecule has 0 saturated carbocycles. The van der Waals surface area contributed by atoms with E-state index in [0.717, 1.165) is 19.3 Å². The predicted molar refractivity (Wildman–Crippen MR) is 63.5 cm³/mol. The molecule has 16 heavy (non-hydrogen) atoms. The van der Waals surface area contributed by atoms with Crippen LogP contribution in [0.4, 0.5) is 0 Å². The maximum absolute atomic E-state index is 12.2. The third-order valence-electron chi connectivity index (χ3n) is 3.20. The Kier molecular flexibility index (Phi) is 5.17. The van der Waals surface area contributed by atoms with Crippen LogP contribution in [0.3, 0.4) is 0 Å². The van der Waals surface area contributed by atoms with Crippen LogP contribution in [-0.2, 0) is 10.0 Å². The Morgan fingerprint density at radius 1 is 1.50 bits per heavy atom. The molecule has 1 heterocycles. The number of nitrogens with two attached hydrogens (primary N) is 1. The van der Waals surface area contributed by atoms with E-state index in [2.05, 4.69) is 0 Å². The fourth-order valence-corrected chi connectivity index (χ4v) is 3.81. The van der Waals surface area contributed by atoms with Gasteiger partial charge in [-0.2, -0.15) is 4.31 Å². The lowest BCUT2D eigenvalue weighted by atomic mass is 10.0. The molecule has 0 spiro atoms. The summed E-state index contributed by atoms with van der Waals surface area (Å²) in [6.07, 6.45) is 3.31. The van der Waals surface area contributed by atoms with E-state index in [-0.39, 0.29) is 19.2 Å². The van der Waals surface area contributed by atoms with Gasteiger partial charge in [-0.25, -0.2) is 8.42 Å². The largest absolute Gasteiger partial charge is 0.396 e. The molecule has 1 fully saturated rings. The van der Waals surface area contributed by atoms with Crippen molar-refractivity contribution in [3.05, 3.63) is 0 Å². The van der Waals surface area contributed by atoms with Gasteiger partial charge in [0.15, 0.2) is 0 Å². The molecular formula is C10H22N2O3S. The van der Waals surface area contributed by atoms with Gasteiger partial charge in [-0.15, -0.1) is 0 Å². The van der Waals surface area contributed by atoms with Crippen LogP contribution in [0.2, 0.25) is 0 Å². The van der Waals surface area contributed by atoms with Gasteiger partial charge < -0.3 is 10.8 Å². The van der Waals surface area contributed by atoms with Crippen molar-refractivity contribution in [2.24, 2.45) is 5.73 Å². The molecule has 1 aliphatic rings. The van der Waals surface area contributed by atoms with Gasteiger partial charge in [0, 0.05) is 25.7 Å². The zero-order valence-electron chi connectivity index (χ0n) is 9.80. The van der Waals surface area contributed by atoms with E-state index in [1.807, 2.05) is 0 Å². The summed E-state index contributed by atoms with van der Waals surface area (Å²) < 4.78 is 25.9. The Hall–Kier alpha value is -0.170. The highest BCUT2D eigenvalue weighted by Crippen LogP contribution is 2.24. The highest BCUT2D eigenvalue weighted by Gasteiger charge is 2.34. The topological polar surface area (TPSA) is 83.6 Å².